The van der Waals surface area contributed by atoms with Crippen LogP contribution >= 0.6 is 11.3 Å². The van der Waals surface area contributed by atoms with Crippen LogP contribution in [-0.2, 0) is 6.18 Å². The highest BCUT2D eigenvalue weighted by Crippen LogP contribution is 2.50. The summed E-state index contributed by atoms with van der Waals surface area (Å²) in [4.78, 5) is 32.7. The van der Waals surface area contributed by atoms with E-state index in [0.717, 1.165) is 18.6 Å². The summed E-state index contributed by atoms with van der Waals surface area (Å²) in [7, 11) is 0. The molecule has 0 unspecified atom stereocenters. The van der Waals surface area contributed by atoms with Crippen molar-refractivity contribution in [2.45, 2.75) is 25.6 Å². The van der Waals surface area contributed by atoms with Gasteiger partial charge in [-0.05, 0) is 67.1 Å². The van der Waals surface area contributed by atoms with Crippen LogP contribution < -0.4 is 5.32 Å². The van der Waals surface area contributed by atoms with E-state index in [0.29, 0.717) is 33.5 Å². The molecule has 1 saturated carbocycles. The number of nitrogens with one attached hydrogen (secondary N) is 1. The Morgan fingerprint density at radius 3 is 2.46 bits per heavy atom. The number of piperidine rings is 1. The smallest absolute Gasteiger partial charge is 0.350 e. The van der Waals surface area contributed by atoms with Crippen LogP contribution in [0.2, 0.25) is 0 Å². The molecule has 1 aliphatic carbocycles. The third kappa shape index (κ3) is 4.67. The minimum atomic E-state index is -4.44. The van der Waals surface area contributed by atoms with E-state index in [-0.39, 0.29) is 36.0 Å². The lowest BCUT2D eigenvalue weighted by Gasteiger charge is -2.27. The molecular weight excluding hydrogens is 482 g/mol. The molecule has 2 fully saturated rings. The number of thiazole rings is 1. The van der Waals surface area contributed by atoms with Crippen molar-refractivity contribution in [1.82, 2.24) is 15.2 Å². The lowest BCUT2D eigenvalue weighted by Crippen LogP contribution is -2.45. The van der Waals surface area contributed by atoms with Gasteiger partial charge >= 0.3 is 6.18 Å². The van der Waals surface area contributed by atoms with E-state index in [4.69, 9.17) is 0 Å². The second-order valence-electron chi connectivity index (χ2n) is 8.89. The van der Waals surface area contributed by atoms with Crippen LogP contribution in [0.4, 0.5) is 17.6 Å². The van der Waals surface area contributed by atoms with E-state index in [1.807, 2.05) is 0 Å². The molecule has 3 atom stereocenters. The highest BCUT2D eigenvalue weighted by Gasteiger charge is 2.54. The number of amides is 2. The van der Waals surface area contributed by atoms with E-state index in [1.165, 1.54) is 47.7 Å². The van der Waals surface area contributed by atoms with Gasteiger partial charge in [0.25, 0.3) is 11.8 Å². The average Bonchev–Trinajstić information content (AvgIpc) is 3.34. The van der Waals surface area contributed by atoms with Gasteiger partial charge in [0.1, 0.15) is 11.5 Å². The zero-order valence-corrected chi connectivity index (χ0v) is 19.4. The summed E-state index contributed by atoms with van der Waals surface area (Å²) in [6.07, 6.45) is -3.47. The molecule has 5 rings (SSSR count). The van der Waals surface area contributed by atoms with Crippen LogP contribution in [-0.4, -0.2) is 40.8 Å². The van der Waals surface area contributed by atoms with Crippen LogP contribution in [0.25, 0.3) is 10.4 Å². The van der Waals surface area contributed by atoms with Gasteiger partial charge in [-0.3, -0.25) is 9.59 Å². The number of halogens is 4. The number of likely N-dealkylation sites (tertiary alicyclic amines) is 1. The minimum absolute atomic E-state index is 0.209. The van der Waals surface area contributed by atoms with Gasteiger partial charge in [0.05, 0.1) is 21.5 Å². The number of carbonyl (C=O) groups excluding carboxylic acids is 2. The Morgan fingerprint density at radius 2 is 1.80 bits per heavy atom. The van der Waals surface area contributed by atoms with Crippen molar-refractivity contribution in [2.24, 2.45) is 11.8 Å². The molecule has 2 amide bonds. The zero-order valence-electron chi connectivity index (χ0n) is 18.6. The third-order valence-electron chi connectivity index (χ3n) is 6.55. The summed E-state index contributed by atoms with van der Waals surface area (Å²) < 4.78 is 52.0. The molecule has 0 radical (unpaired) electrons. The van der Waals surface area contributed by atoms with E-state index in [2.05, 4.69) is 10.3 Å². The number of aryl methyl sites for hydroxylation is 1. The van der Waals surface area contributed by atoms with Crippen molar-refractivity contribution in [1.29, 1.82) is 0 Å². The van der Waals surface area contributed by atoms with Gasteiger partial charge in [-0.1, -0.05) is 12.1 Å². The molecule has 2 aromatic carbocycles. The summed E-state index contributed by atoms with van der Waals surface area (Å²) in [6.45, 7) is 2.54. The highest BCUT2D eigenvalue weighted by molar-refractivity contribution is 7.15. The van der Waals surface area contributed by atoms with E-state index in [1.54, 1.807) is 11.8 Å². The Labute approximate surface area is 202 Å². The van der Waals surface area contributed by atoms with Crippen LogP contribution in [0.5, 0.6) is 0 Å². The molecule has 0 spiro atoms. The minimum Gasteiger partial charge on any atom is -0.350 e. The largest absolute Gasteiger partial charge is 0.416 e. The lowest BCUT2D eigenvalue weighted by molar-refractivity contribution is -0.137. The summed E-state index contributed by atoms with van der Waals surface area (Å²) >= 11 is 1.26. The molecule has 2 heterocycles. The summed E-state index contributed by atoms with van der Waals surface area (Å²) in [5.74, 6) is -0.436. The molecule has 0 bridgehead atoms. The molecule has 1 N–H and O–H groups in total. The van der Waals surface area contributed by atoms with Gasteiger partial charge in [0.15, 0.2) is 0 Å². The van der Waals surface area contributed by atoms with Crippen molar-refractivity contribution in [2.75, 3.05) is 13.1 Å². The van der Waals surface area contributed by atoms with E-state index < -0.39 is 17.6 Å². The maximum atomic E-state index is 13.5. The molecule has 2 aliphatic rings. The predicted octanol–water partition coefficient (Wildman–Crippen LogP) is 5.17. The molecular formula is C25H21F4N3O2S. The number of fused-ring (bicyclic) bond motifs is 1. The van der Waals surface area contributed by atoms with Crippen molar-refractivity contribution >= 4 is 23.2 Å². The molecule has 1 aromatic heterocycles. The molecule has 182 valence electrons. The topological polar surface area (TPSA) is 62.3 Å². The quantitative estimate of drug-likeness (QED) is 0.489. The second kappa shape index (κ2) is 8.75. The molecule has 1 aliphatic heterocycles. The van der Waals surface area contributed by atoms with Crippen LogP contribution in [0, 0.1) is 24.6 Å². The number of hydrogen-bond donors (Lipinski definition) is 1. The van der Waals surface area contributed by atoms with Gasteiger partial charge in [0, 0.05) is 18.7 Å². The Balaban J connectivity index is 1.34. The predicted molar refractivity (Wildman–Crippen MR) is 122 cm³/mol. The Kier molecular flexibility index (Phi) is 5.86. The van der Waals surface area contributed by atoms with Crippen LogP contribution in [0.3, 0.4) is 0 Å². The number of rotatable bonds is 5. The number of benzene rings is 2. The fraction of sp³-hybridized carbons (Fsp3) is 0.320. The number of alkyl halides is 3. The average molecular weight is 504 g/mol. The van der Waals surface area contributed by atoms with Gasteiger partial charge in [-0.15, -0.1) is 11.3 Å². The fourth-order valence-electron chi connectivity index (χ4n) is 4.68. The first kappa shape index (κ1) is 23.5. The molecule has 10 heteroatoms. The maximum absolute atomic E-state index is 13.5. The first-order valence-corrected chi connectivity index (χ1v) is 11.9. The van der Waals surface area contributed by atoms with Crippen molar-refractivity contribution < 1.29 is 27.2 Å². The first-order valence-electron chi connectivity index (χ1n) is 11.1. The number of nitrogens with zero attached hydrogens (tertiary/aromatic N) is 2. The molecule has 3 aromatic rings. The second-order valence-corrected chi connectivity index (χ2v) is 10.1. The SMILES string of the molecule is Cc1nc(C(=O)N2C[C@H]3C[C@H]3[C@H]2CNC(=O)c2ccc(F)cc2)c(-c2ccc(C(F)(F)F)cc2)s1. The number of carbonyl (C=O) groups is 2. The molecule has 5 nitrogen and oxygen atoms in total. The maximum Gasteiger partial charge on any atom is 0.416 e. The van der Waals surface area contributed by atoms with E-state index >= 15 is 0 Å². The van der Waals surface area contributed by atoms with Gasteiger partial charge < -0.3 is 10.2 Å². The summed E-state index contributed by atoms with van der Waals surface area (Å²) in [6, 6.07) is 9.72. The van der Waals surface area contributed by atoms with Crippen molar-refractivity contribution in [3.05, 3.63) is 76.2 Å². The summed E-state index contributed by atoms with van der Waals surface area (Å²) in [5, 5.41) is 3.48. The highest BCUT2D eigenvalue weighted by atomic mass is 32.1. The van der Waals surface area contributed by atoms with E-state index in [9.17, 15) is 27.2 Å². The Bertz CT molecular complexity index is 1270. The number of aromatic nitrogens is 1. The normalized spacial score (nSPS) is 21.1. The standard InChI is InChI=1S/C25H21F4N3O2S/c1-13-31-21(22(35-13)14-2-6-17(7-3-14)25(27,28)29)24(34)32-12-16-10-19(16)20(32)11-30-23(33)15-4-8-18(26)9-5-15/h2-9,16,19-20H,10-12H2,1H3,(H,30,33)/t16-,19-,20-/m1/s1. The Hall–Kier alpha value is -3.27. The van der Waals surface area contributed by atoms with Gasteiger partial charge in [-0.2, -0.15) is 13.2 Å². The molecule has 1 saturated heterocycles. The third-order valence-corrected chi connectivity index (χ3v) is 7.57. The lowest BCUT2D eigenvalue weighted by atomic mass is 10.1. The summed E-state index contributed by atoms with van der Waals surface area (Å²) in [5.41, 5.74) is 0.280. The first-order chi connectivity index (χ1) is 16.6. The zero-order chi connectivity index (χ0) is 24.9. The monoisotopic (exact) mass is 503 g/mol. The van der Waals surface area contributed by atoms with Gasteiger partial charge in [0.2, 0.25) is 0 Å². The fourth-order valence-corrected chi connectivity index (χ4v) is 5.60. The van der Waals surface area contributed by atoms with Crippen molar-refractivity contribution in [3.8, 4) is 10.4 Å². The molecule has 35 heavy (non-hydrogen) atoms. The Morgan fingerprint density at radius 1 is 1.11 bits per heavy atom. The van der Waals surface area contributed by atoms with Gasteiger partial charge in [-0.25, -0.2) is 9.37 Å². The number of hydrogen-bond acceptors (Lipinski definition) is 4. The van der Waals surface area contributed by atoms with Crippen LogP contribution in [0.15, 0.2) is 48.5 Å². The van der Waals surface area contributed by atoms with Crippen LogP contribution in [0.1, 0.15) is 37.8 Å². The van der Waals surface area contributed by atoms with Crippen molar-refractivity contribution in [3.63, 3.8) is 0 Å².